The minimum absolute atomic E-state index is 0.0120. The summed E-state index contributed by atoms with van der Waals surface area (Å²) in [6.07, 6.45) is 3.22. The van der Waals surface area contributed by atoms with Gasteiger partial charge in [0.1, 0.15) is 5.75 Å². The number of carbonyl (C=O) groups is 1. The highest BCUT2D eigenvalue weighted by Gasteiger charge is 2.57. The van der Waals surface area contributed by atoms with Gasteiger partial charge >= 0.3 is 0 Å². The molecule has 0 atom stereocenters. The molecule has 114 valence electrons. The maximum absolute atomic E-state index is 12.6. The molecule has 1 fully saturated rings. The first-order valence-electron chi connectivity index (χ1n) is 7.06. The third kappa shape index (κ3) is 1.90. The minimum Gasteiger partial charge on any atom is -0.448 e. The molecular formula is C16H11ClN4O2. The molecule has 1 spiro atoms. The summed E-state index contributed by atoms with van der Waals surface area (Å²) in [6.45, 7) is 7.17. The summed E-state index contributed by atoms with van der Waals surface area (Å²) in [5.41, 5.74) is 1.48. The Morgan fingerprint density at radius 2 is 2.22 bits per heavy atom. The Kier molecular flexibility index (Phi) is 2.84. The molecule has 6 nitrogen and oxygen atoms in total. The number of carbonyl (C=O) groups excluding carboxylic acids is 1. The number of ether oxygens (including phenoxy) is 1. The zero-order valence-corrected chi connectivity index (χ0v) is 13.0. The Bertz CT molecular complexity index is 886. The number of hydrogen-bond donors (Lipinski definition) is 0. The number of halogens is 1. The van der Waals surface area contributed by atoms with Gasteiger partial charge in [-0.2, -0.15) is 4.98 Å². The molecule has 7 heteroatoms. The summed E-state index contributed by atoms with van der Waals surface area (Å²) in [7, 11) is 1.81. The van der Waals surface area contributed by atoms with Gasteiger partial charge in [0, 0.05) is 13.2 Å². The van der Waals surface area contributed by atoms with Crippen LogP contribution in [0.15, 0.2) is 24.4 Å². The fourth-order valence-corrected chi connectivity index (χ4v) is 3.21. The van der Waals surface area contributed by atoms with Crippen molar-refractivity contribution >= 4 is 23.2 Å². The van der Waals surface area contributed by atoms with E-state index in [9.17, 15) is 4.79 Å². The summed E-state index contributed by atoms with van der Waals surface area (Å²) in [5.74, 6) is 0.376. The lowest BCUT2D eigenvalue weighted by atomic mass is 10.0. The van der Waals surface area contributed by atoms with Crippen LogP contribution in [0.2, 0.25) is 5.28 Å². The van der Waals surface area contributed by atoms with Crippen LogP contribution in [-0.4, -0.2) is 27.8 Å². The minimum atomic E-state index is -0.183. The van der Waals surface area contributed by atoms with Crippen LogP contribution in [0.4, 0.5) is 5.69 Å². The summed E-state index contributed by atoms with van der Waals surface area (Å²) in [6, 6.07) is 5.51. The number of benzene rings is 1. The van der Waals surface area contributed by atoms with Gasteiger partial charge in [0.15, 0.2) is 0 Å². The molecule has 2 aromatic rings. The standard InChI is InChI=1S/C16H11ClN4O2/c1-18-10-8-19-15(17)20-13(10)23-11-5-3-4-9-12(11)14(22)21(2)16(9)6-7-16/h3-5,8H,6-7H2,2H3. The van der Waals surface area contributed by atoms with E-state index in [-0.39, 0.29) is 28.3 Å². The average molecular weight is 327 g/mol. The maximum Gasteiger partial charge on any atom is 0.265 e. The molecule has 1 aliphatic carbocycles. The normalized spacial score (nSPS) is 17.1. The third-order valence-electron chi connectivity index (χ3n) is 4.45. The molecule has 0 bridgehead atoms. The number of hydrogen-bond acceptors (Lipinski definition) is 4. The Balaban J connectivity index is 1.82. The van der Waals surface area contributed by atoms with Crippen molar-refractivity contribution in [3.8, 4) is 11.6 Å². The van der Waals surface area contributed by atoms with Crippen molar-refractivity contribution in [1.82, 2.24) is 14.9 Å². The number of fused-ring (bicyclic) bond motifs is 2. The molecule has 1 aliphatic heterocycles. The Morgan fingerprint density at radius 1 is 1.43 bits per heavy atom. The first-order chi connectivity index (χ1) is 11.1. The van der Waals surface area contributed by atoms with Crippen molar-refractivity contribution in [2.75, 3.05) is 7.05 Å². The topological polar surface area (TPSA) is 59.7 Å². The van der Waals surface area contributed by atoms with Gasteiger partial charge in [-0.15, -0.1) is 0 Å². The van der Waals surface area contributed by atoms with Crippen molar-refractivity contribution in [3.63, 3.8) is 0 Å². The molecule has 1 amide bonds. The van der Waals surface area contributed by atoms with Crippen LogP contribution in [0.25, 0.3) is 4.85 Å². The highest BCUT2D eigenvalue weighted by Crippen LogP contribution is 2.57. The number of amides is 1. The summed E-state index contributed by atoms with van der Waals surface area (Å²) < 4.78 is 5.77. The fourth-order valence-electron chi connectivity index (χ4n) is 3.09. The molecule has 2 heterocycles. The van der Waals surface area contributed by atoms with Crippen LogP contribution in [-0.2, 0) is 5.54 Å². The second-order valence-corrected chi connectivity index (χ2v) is 5.96. The van der Waals surface area contributed by atoms with Crippen molar-refractivity contribution in [2.24, 2.45) is 0 Å². The second kappa shape index (κ2) is 4.67. The Hall–Kier alpha value is -2.65. The predicted octanol–water partition coefficient (Wildman–Crippen LogP) is 3.55. The van der Waals surface area contributed by atoms with Crippen molar-refractivity contribution in [1.29, 1.82) is 0 Å². The molecule has 1 aromatic heterocycles. The van der Waals surface area contributed by atoms with Crippen LogP contribution in [0, 0.1) is 6.57 Å². The van der Waals surface area contributed by atoms with Crippen LogP contribution >= 0.6 is 11.6 Å². The first kappa shape index (κ1) is 14.0. The van der Waals surface area contributed by atoms with E-state index >= 15 is 0 Å². The highest BCUT2D eigenvalue weighted by molar-refractivity contribution is 6.28. The number of aromatic nitrogens is 2. The molecule has 23 heavy (non-hydrogen) atoms. The predicted molar refractivity (Wildman–Crippen MR) is 82.8 cm³/mol. The molecule has 0 N–H and O–H groups in total. The van der Waals surface area contributed by atoms with E-state index in [0.717, 1.165) is 18.4 Å². The van der Waals surface area contributed by atoms with Crippen molar-refractivity contribution < 1.29 is 9.53 Å². The molecule has 0 radical (unpaired) electrons. The van der Waals surface area contributed by atoms with E-state index in [2.05, 4.69) is 14.8 Å². The largest absolute Gasteiger partial charge is 0.448 e. The SMILES string of the molecule is [C-]#[N+]c1cnc(Cl)nc1Oc1cccc2c1C(=O)N(C)C21CC1. The molecule has 4 rings (SSSR count). The van der Waals surface area contributed by atoms with Gasteiger partial charge in [-0.3, -0.25) is 4.79 Å². The van der Waals surface area contributed by atoms with Gasteiger partial charge in [0.2, 0.25) is 11.2 Å². The van der Waals surface area contributed by atoms with Gasteiger partial charge in [0.05, 0.1) is 17.7 Å². The molecular weight excluding hydrogens is 316 g/mol. The van der Waals surface area contributed by atoms with Crippen LogP contribution in [0.3, 0.4) is 0 Å². The van der Waals surface area contributed by atoms with E-state index in [0.29, 0.717) is 11.3 Å². The molecule has 1 saturated carbocycles. The lowest BCUT2D eigenvalue weighted by Gasteiger charge is -2.18. The van der Waals surface area contributed by atoms with Gasteiger partial charge in [-0.25, -0.2) is 9.83 Å². The number of nitrogens with zero attached hydrogens (tertiary/aromatic N) is 4. The molecule has 1 aromatic carbocycles. The zero-order chi connectivity index (χ0) is 16.2. The third-order valence-corrected chi connectivity index (χ3v) is 4.63. The van der Waals surface area contributed by atoms with Crippen LogP contribution in [0.1, 0.15) is 28.8 Å². The fraction of sp³-hybridized carbons (Fsp3) is 0.250. The van der Waals surface area contributed by atoms with E-state index in [4.69, 9.17) is 22.9 Å². The van der Waals surface area contributed by atoms with Crippen LogP contribution in [0.5, 0.6) is 11.6 Å². The van der Waals surface area contributed by atoms with Gasteiger partial charge in [-0.1, -0.05) is 12.1 Å². The Labute approximate surface area is 137 Å². The first-order valence-corrected chi connectivity index (χ1v) is 7.44. The van der Waals surface area contributed by atoms with Gasteiger partial charge in [-0.05, 0) is 36.1 Å². The van der Waals surface area contributed by atoms with E-state index in [1.807, 2.05) is 19.2 Å². The molecule has 0 unspecified atom stereocenters. The summed E-state index contributed by atoms with van der Waals surface area (Å²) >= 11 is 5.78. The van der Waals surface area contributed by atoms with Crippen molar-refractivity contribution in [3.05, 3.63) is 52.2 Å². The zero-order valence-electron chi connectivity index (χ0n) is 12.2. The Morgan fingerprint density at radius 3 is 2.91 bits per heavy atom. The van der Waals surface area contributed by atoms with E-state index in [1.54, 1.807) is 11.0 Å². The lowest BCUT2D eigenvalue weighted by molar-refractivity contribution is 0.0753. The van der Waals surface area contributed by atoms with E-state index < -0.39 is 0 Å². The van der Waals surface area contributed by atoms with Gasteiger partial charge < -0.3 is 9.64 Å². The summed E-state index contributed by atoms with van der Waals surface area (Å²) in [4.78, 5) is 25.4. The smallest absolute Gasteiger partial charge is 0.265 e. The van der Waals surface area contributed by atoms with Crippen LogP contribution < -0.4 is 4.74 Å². The quantitative estimate of drug-likeness (QED) is 0.625. The number of rotatable bonds is 2. The average Bonchev–Trinajstić information content (AvgIpc) is 3.32. The van der Waals surface area contributed by atoms with Crippen molar-refractivity contribution in [2.45, 2.75) is 18.4 Å². The maximum atomic E-state index is 12.6. The van der Waals surface area contributed by atoms with Gasteiger partial charge in [0.25, 0.3) is 11.6 Å². The monoisotopic (exact) mass is 326 g/mol. The highest BCUT2D eigenvalue weighted by atomic mass is 35.5. The molecule has 0 saturated heterocycles. The molecule has 2 aliphatic rings. The lowest BCUT2D eigenvalue weighted by Crippen LogP contribution is -2.28. The second-order valence-electron chi connectivity index (χ2n) is 5.62. The summed E-state index contributed by atoms with van der Waals surface area (Å²) in [5, 5.41) is -0.0120. The van der Waals surface area contributed by atoms with E-state index in [1.165, 1.54) is 6.20 Å².